The molecule has 0 bridgehead atoms. The third kappa shape index (κ3) is 7.55. The molecule has 5 nitrogen and oxygen atoms in total. The molecule has 1 aliphatic rings. The van der Waals surface area contributed by atoms with Crippen LogP contribution in [0.15, 0.2) is 60.7 Å². The van der Waals surface area contributed by atoms with Gasteiger partial charge >= 0.3 is 0 Å². The average molecular weight is 449 g/mol. The molecule has 0 aromatic heterocycles. The topological polar surface area (TPSA) is 75.3 Å². The monoisotopic (exact) mass is 448 g/mol. The van der Waals surface area contributed by atoms with Gasteiger partial charge in [-0.05, 0) is 55.1 Å². The lowest BCUT2D eigenvalue weighted by atomic mass is 9.76. The van der Waals surface area contributed by atoms with Crippen LogP contribution in [-0.4, -0.2) is 30.2 Å². The number of hydrogen-bond donors (Lipinski definition) is 2. The average Bonchev–Trinajstić information content (AvgIpc) is 2.84. The third-order valence-electron chi connectivity index (χ3n) is 6.79. The van der Waals surface area contributed by atoms with Gasteiger partial charge in [-0.25, -0.2) is 0 Å². The highest BCUT2D eigenvalue weighted by Gasteiger charge is 2.31. The fourth-order valence-corrected chi connectivity index (χ4v) is 4.68. The van der Waals surface area contributed by atoms with E-state index < -0.39 is 12.1 Å². The molecule has 1 fully saturated rings. The molecule has 0 radical (unpaired) electrons. The van der Waals surface area contributed by atoms with Crippen LogP contribution in [0.4, 0.5) is 0 Å². The van der Waals surface area contributed by atoms with Gasteiger partial charge in [0, 0.05) is 12.3 Å². The highest BCUT2D eigenvalue weighted by atomic mass is 16.2. The summed E-state index contributed by atoms with van der Waals surface area (Å²) in [6, 6.07) is 17.9. The van der Waals surface area contributed by atoms with E-state index in [1.54, 1.807) is 0 Å². The van der Waals surface area contributed by atoms with E-state index in [-0.39, 0.29) is 17.7 Å². The second-order valence-electron chi connectivity index (χ2n) is 9.55. The predicted octanol–water partition coefficient (Wildman–Crippen LogP) is 4.10. The van der Waals surface area contributed by atoms with Crippen LogP contribution >= 0.6 is 0 Å². The van der Waals surface area contributed by atoms with Gasteiger partial charge in [0.05, 0.1) is 6.04 Å². The molecule has 2 aromatic carbocycles. The molecule has 5 heteroatoms. The molecule has 0 aliphatic heterocycles. The molecule has 1 saturated carbocycles. The molecule has 33 heavy (non-hydrogen) atoms. The maximum atomic E-state index is 13.2. The van der Waals surface area contributed by atoms with Crippen molar-refractivity contribution in [1.82, 2.24) is 10.6 Å². The van der Waals surface area contributed by atoms with E-state index in [0.29, 0.717) is 24.7 Å². The molecule has 0 heterocycles. The van der Waals surface area contributed by atoms with E-state index in [2.05, 4.69) is 24.5 Å². The number of benzene rings is 2. The lowest BCUT2D eigenvalue weighted by molar-refractivity contribution is -0.132. The maximum absolute atomic E-state index is 13.2. The fraction of sp³-hybridized carbons (Fsp3) is 0.464. The number of carbonyl (C=O) groups excluding carboxylic acids is 3. The van der Waals surface area contributed by atoms with Crippen LogP contribution in [0.25, 0.3) is 0 Å². The van der Waals surface area contributed by atoms with Crippen LogP contribution in [0.2, 0.25) is 0 Å². The van der Waals surface area contributed by atoms with E-state index in [0.717, 1.165) is 43.1 Å². The Morgan fingerprint density at radius 1 is 0.848 bits per heavy atom. The molecule has 3 rings (SSSR count). The second-order valence-corrected chi connectivity index (χ2v) is 9.55. The molecule has 2 amide bonds. The lowest BCUT2D eigenvalue weighted by Crippen LogP contribution is -2.52. The number of amides is 2. The lowest BCUT2D eigenvalue weighted by Gasteiger charge is -2.31. The highest BCUT2D eigenvalue weighted by molar-refractivity contribution is 5.90. The summed E-state index contributed by atoms with van der Waals surface area (Å²) < 4.78 is 0. The van der Waals surface area contributed by atoms with Gasteiger partial charge in [-0.1, -0.05) is 74.5 Å². The first-order valence-electron chi connectivity index (χ1n) is 12.1. The standard InChI is InChI=1S/C28H36N2O3/c1-20(2)23-13-15-24(16-14-23)27(32)30-26(18-22-11-7-4-8-12-22)28(33)29-25(19-31)17-21-9-5-3-6-10-21/h3-12,19-20,23-26H,13-18H2,1-2H3,(H,29,33)(H,30,32). The summed E-state index contributed by atoms with van der Waals surface area (Å²) in [6.45, 7) is 4.48. The van der Waals surface area contributed by atoms with Crippen LogP contribution in [-0.2, 0) is 27.2 Å². The van der Waals surface area contributed by atoms with Crippen molar-refractivity contribution in [3.05, 3.63) is 71.8 Å². The molecular weight excluding hydrogens is 412 g/mol. The minimum atomic E-state index is -0.721. The SMILES string of the molecule is CC(C)C1CCC(C(=O)NC(Cc2ccccc2)C(=O)NC(C=O)Cc2ccccc2)CC1. The van der Waals surface area contributed by atoms with Crippen molar-refractivity contribution in [3.63, 3.8) is 0 Å². The smallest absolute Gasteiger partial charge is 0.243 e. The minimum absolute atomic E-state index is 0.0565. The van der Waals surface area contributed by atoms with Crippen molar-refractivity contribution in [1.29, 1.82) is 0 Å². The third-order valence-corrected chi connectivity index (χ3v) is 6.79. The number of rotatable bonds is 10. The van der Waals surface area contributed by atoms with Gasteiger partial charge in [0.25, 0.3) is 0 Å². The zero-order chi connectivity index (χ0) is 23.6. The Morgan fingerprint density at radius 2 is 1.39 bits per heavy atom. The molecule has 2 N–H and O–H groups in total. The normalized spacial score (nSPS) is 20.0. The van der Waals surface area contributed by atoms with Crippen molar-refractivity contribution in [2.24, 2.45) is 17.8 Å². The van der Waals surface area contributed by atoms with E-state index in [1.165, 1.54) is 0 Å². The number of aldehydes is 1. The van der Waals surface area contributed by atoms with Crippen LogP contribution in [0, 0.1) is 17.8 Å². The van der Waals surface area contributed by atoms with E-state index in [9.17, 15) is 14.4 Å². The summed E-state index contributed by atoms with van der Waals surface area (Å²) in [7, 11) is 0. The second kappa shape index (κ2) is 12.3. The summed E-state index contributed by atoms with van der Waals surface area (Å²) in [5.74, 6) is 0.867. The van der Waals surface area contributed by atoms with E-state index in [4.69, 9.17) is 0 Å². The van der Waals surface area contributed by atoms with Crippen molar-refractivity contribution >= 4 is 18.1 Å². The van der Waals surface area contributed by atoms with Crippen molar-refractivity contribution in [2.45, 2.75) is 64.5 Å². The molecule has 2 aromatic rings. The molecule has 0 spiro atoms. The van der Waals surface area contributed by atoms with Crippen molar-refractivity contribution in [2.75, 3.05) is 0 Å². The van der Waals surface area contributed by atoms with Crippen LogP contribution < -0.4 is 10.6 Å². The minimum Gasteiger partial charge on any atom is -0.344 e. The molecule has 2 atom stereocenters. The highest BCUT2D eigenvalue weighted by Crippen LogP contribution is 2.33. The van der Waals surface area contributed by atoms with E-state index in [1.807, 2.05) is 60.7 Å². The quantitative estimate of drug-likeness (QED) is 0.537. The van der Waals surface area contributed by atoms with Gasteiger partial charge in [-0.3, -0.25) is 9.59 Å². The molecule has 0 saturated heterocycles. The Hall–Kier alpha value is -2.95. The molecule has 2 unspecified atom stereocenters. The maximum Gasteiger partial charge on any atom is 0.243 e. The first kappa shape index (κ1) is 24.7. The Balaban J connectivity index is 1.66. The summed E-state index contributed by atoms with van der Waals surface area (Å²) >= 11 is 0. The van der Waals surface area contributed by atoms with Crippen molar-refractivity contribution in [3.8, 4) is 0 Å². The Labute approximate surface area is 197 Å². The van der Waals surface area contributed by atoms with Gasteiger partial charge in [-0.2, -0.15) is 0 Å². The summed E-state index contributed by atoms with van der Waals surface area (Å²) in [5, 5.41) is 5.85. The first-order chi connectivity index (χ1) is 16.0. The summed E-state index contributed by atoms with van der Waals surface area (Å²) in [5.41, 5.74) is 1.94. The Morgan fingerprint density at radius 3 is 1.91 bits per heavy atom. The number of hydrogen-bond acceptors (Lipinski definition) is 3. The van der Waals surface area contributed by atoms with Gasteiger partial charge in [0.1, 0.15) is 12.3 Å². The first-order valence-corrected chi connectivity index (χ1v) is 12.1. The summed E-state index contributed by atoms with van der Waals surface area (Å²) in [6.07, 6.45) is 5.39. The Bertz CT molecular complexity index is 890. The number of carbonyl (C=O) groups is 3. The van der Waals surface area contributed by atoms with Crippen molar-refractivity contribution < 1.29 is 14.4 Å². The van der Waals surface area contributed by atoms with Crippen LogP contribution in [0.3, 0.4) is 0 Å². The van der Waals surface area contributed by atoms with E-state index >= 15 is 0 Å². The fourth-order valence-electron chi connectivity index (χ4n) is 4.68. The van der Waals surface area contributed by atoms with Gasteiger partial charge < -0.3 is 15.4 Å². The molecule has 176 valence electrons. The molecular formula is C28H36N2O3. The molecule has 1 aliphatic carbocycles. The van der Waals surface area contributed by atoms with Gasteiger partial charge in [0.2, 0.25) is 11.8 Å². The van der Waals surface area contributed by atoms with Crippen LogP contribution in [0.1, 0.15) is 50.7 Å². The van der Waals surface area contributed by atoms with Gasteiger partial charge in [-0.15, -0.1) is 0 Å². The van der Waals surface area contributed by atoms with Gasteiger partial charge in [0.15, 0.2) is 0 Å². The summed E-state index contributed by atoms with van der Waals surface area (Å²) in [4.78, 5) is 37.9. The number of nitrogens with one attached hydrogen (secondary N) is 2. The van der Waals surface area contributed by atoms with Crippen LogP contribution in [0.5, 0.6) is 0 Å². The zero-order valence-electron chi connectivity index (χ0n) is 19.7. The zero-order valence-corrected chi connectivity index (χ0v) is 19.7. The largest absolute Gasteiger partial charge is 0.344 e. The predicted molar refractivity (Wildman–Crippen MR) is 131 cm³/mol. The Kier molecular flexibility index (Phi) is 9.23.